The maximum Gasteiger partial charge on any atom is 0.236 e. The van der Waals surface area contributed by atoms with Gasteiger partial charge in [-0.15, -0.1) is 0 Å². The Morgan fingerprint density at radius 2 is 2.14 bits per heavy atom. The first-order chi connectivity index (χ1) is 10.5. The van der Waals surface area contributed by atoms with Gasteiger partial charge in [-0.1, -0.05) is 38.8 Å². The van der Waals surface area contributed by atoms with Crippen molar-refractivity contribution in [3.05, 3.63) is 32.2 Å². The fourth-order valence-corrected chi connectivity index (χ4v) is 4.91. The van der Waals surface area contributed by atoms with Crippen molar-refractivity contribution in [2.24, 2.45) is 0 Å². The smallest absolute Gasteiger partial charge is 0.236 e. The van der Waals surface area contributed by atoms with Gasteiger partial charge in [-0.05, 0) is 42.5 Å². The number of rotatable bonds is 2. The Morgan fingerprint density at radius 1 is 1.36 bits per heavy atom. The van der Waals surface area contributed by atoms with Crippen LogP contribution in [0.5, 0.6) is 0 Å². The zero-order valence-corrected chi connectivity index (χ0v) is 15.4. The molecule has 3 rings (SSSR count). The Labute approximate surface area is 146 Å². The fraction of sp³-hybridized carbons (Fsp3) is 0.500. The summed E-state index contributed by atoms with van der Waals surface area (Å²) in [7, 11) is 0. The summed E-state index contributed by atoms with van der Waals surface area (Å²) in [4.78, 5) is 25.5. The van der Waals surface area contributed by atoms with Crippen molar-refractivity contribution in [2.45, 2.75) is 37.6 Å². The number of nitrogens with one attached hydrogen (secondary N) is 1. The zero-order chi connectivity index (χ0) is 15.9. The highest BCUT2D eigenvalue weighted by Gasteiger charge is 2.54. The molecule has 0 aromatic heterocycles. The van der Waals surface area contributed by atoms with Gasteiger partial charge in [-0.25, -0.2) is 0 Å². The molecule has 118 valence electrons. The van der Waals surface area contributed by atoms with Gasteiger partial charge in [0, 0.05) is 15.6 Å². The molecule has 2 heterocycles. The molecule has 1 N–H and O–H groups in total. The topological polar surface area (TPSA) is 55.4 Å². The normalized spacial score (nSPS) is 28.2. The number of halogens is 2. The van der Waals surface area contributed by atoms with Gasteiger partial charge in [0.1, 0.15) is 11.5 Å². The van der Waals surface area contributed by atoms with E-state index in [1.54, 1.807) is 0 Å². The lowest BCUT2D eigenvalue weighted by Crippen LogP contribution is -2.52. The summed E-state index contributed by atoms with van der Waals surface area (Å²) in [5.41, 5.74) is 0.955. The second-order valence-electron chi connectivity index (χ2n) is 5.84. The third-order valence-electron chi connectivity index (χ3n) is 4.45. The Balaban J connectivity index is 2.06. The van der Waals surface area contributed by atoms with E-state index in [4.69, 9.17) is 4.74 Å². The van der Waals surface area contributed by atoms with Gasteiger partial charge in [0.15, 0.2) is 5.78 Å². The van der Waals surface area contributed by atoms with Gasteiger partial charge in [0.2, 0.25) is 5.91 Å². The van der Waals surface area contributed by atoms with Crippen molar-refractivity contribution in [1.82, 2.24) is 5.32 Å². The Hall–Kier alpha value is -0.720. The van der Waals surface area contributed by atoms with Crippen molar-refractivity contribution in [3.8, 4) is 0 Å². The molecule has 2 atom stereocenters. The summed E-state index contributed by atoms with van der Waals surface area (Å²) in [5, 5.41) is 2.91. The molecule has 1 aromatic rings. The number of ether oxygens (including phenoxy) is 1. The highest BCUT2D eigenvalue weighted by atomic mass is 79.9. The van der Waals surface area contributed by atoms with E-state index in [-0.39, 0.29) is 18.3 Å². The highest BCUT2D eigenvalue weighted by molar-refractivity contribution is 9.11. The van der Waals surface area contributed by atoms with Crippen LogP contribution in [0.2, 0.25) is 0 Å². The van der Waals surface area contributed by atoms with E-state index in [0.717, 1.165) is 32.9 Å². The Kier molecular flexibility index (Phi) is 4.45. The second-order valence-corrected chi connectivity index (χ2v) is 7.61. The van der Waals surface area contributed by atoms with E-state index in [0.29, 0.717) is 13.0 Å². The third kappa shape index (κ3) is 2.55. The monoisotopic (exact) mass is 429 g/mol. The van der Waals surface area contributed by atoms with Crippen molar-refractivity contribution in [2.75, 3.05) is 13.2 Å². The predicted molar refractivity (Wildman–Crippen MR) is 89.9 cm³/mol. The zero-order valence-electron chi connectivity index (χ0n) is 12.2. The number of carbonyl (C=O) groups is 2. The maximum absolute atomic E-state index is 13.0. The largest absolute Gasteiger partial charge is 0.379 e. The molecule has 1 aromatic carbocycles. The van der Waals surface area contributed by atoms with E-state index in [1.165, 1.54) is 0 Å². The lowest BCUT2D eigenvalue weighted by atomic mass is 9.82. The number of hydrogen-bond acceptors (Lipinski definition) is 3. The van der Waals surface area contributed by atoms with Crippen LogP contribution < -0.4 is 5.32 Å². The van der Waals surface area contributed by atoms with Crippen LogP contribution in [-0.4, -0.2) is 30.4 Å². The minimum absolute atomic E-state index is 0.0603. The number of ketones is 1. The lowest BCUT2D eigenvalue weighted by Gasteiger charge is -2.31. The SMILES string of the molecule is CCc1cc(Br)cc(Br)c1C1C(=O)NC2(CCCOC2)C1=O. The molecule has 2 saturated heterocycles. The second kappa shape index (κ2) is 6.06. The fourth-order valence-electron chi connectivity index (χ4n) is 3.37. The molecule has 1 spiro atoms. The van der Waals surface area contributed by atoms with Crippen molar-refractivity contribution in [1.29, 1.82) is 0 Å². The Bertz CT molecular complexity index is 639. The van der Waals surface area contributed by atoms with Crippen LogP contribution in [0.15, 0.2) is 21.1 Å². The van der Waals surface area contributed by atoms with Crippen LogP contribution >= 0.6 is 31.9 Å². The van der Waals surface area contributed by atoms with E-state index >= 15 is 0 Å². The maximum atomic E-state index is 13.0. The number of benzene rings is 1. The summed E-state index contributed by atoms with van der Waals surface area (Å²) >= 11 is 6.98. The van der Waals surface area contributed by atoms with Crippen LogP contribution in [0.4, 0.5) is 0 Å². The summed E-state index contributed by atoms with van der Waals surface area (Å²) in [6.45, 7) is 2.95. The minimum atomic E-state index is -0.836. The number of aryl methyl sites for hydroxylation is 1. The van der Waals surface area contributed by atoms with Gasteiger partial charge >= 0.3 is 0 Å². The van der Waals surface area contributed by atoms with Crippen LogP contribution in [0.25, 0.3) is 0 Å². The number of Topliss-reactive ketones (excluding diaryl/α,β-unsaturated/α-hetero) is 1. The molecule has 0 aliphatic carbocycles. The molecule has 4 nitrogen and oxygen atoms in total. The van der Waals surface area contributed by atoms with Gasteiger partial charge < -0.3 is 10.1 Å². The van der Waals surface area contributed by atoms with E-state index in [2.05, 4.69) is 37.2 Å². The summed E-state index contributed by atoms with van der Waals surface area (Å²) in [6.07, 6.45) is 2.21. The van der Waals surface area contributed by atoms with Crippen LogP contribution in [0, 0.1) is 0 Å². The third-order valence-corrected chi connectivity index (χ3v) is 5.56. The molecular formula is C16H17Br2NO3. The molecule has 22 heavy (non-hydrogen) atoms. The molecule has 2 aliphatic rings. The summed E-state index contributed by atoms with van der Waals surface area (Å²) in [6, 6.07) is 3.86. The van der Waals surface area contributed by atoms with Crippen LogP contribution in [-0.2, 0) is 20.7 Å². The highest BCUT2D eigenvalue weighted by Crippen LogP contribution is 2.40. The number of amides is 1. The minimum Gasteiger partial charge on any atom is -0.379 e. The lowest BCUT2D eigenvalue weighted by molar-refractivity contribution is -0.128. The van der Waals surface area contributed by atoms with Gasteiger partial charge in [-0.2, -0.15) is 0 Å². The number of hydrogen-bond donors (Lipinski definition) is 1. The molecule has 6 heteroatoms. The van der Waals surface area contributed by atoms with E-state index < -0.39 is 11.5 Å². The first-order valence-corrected chi connectivity index (χ1v) is 8.99. The standard InChI is InChI=1S/C16H17Br2NO3/c1-2-9-6-10(17)7-11(18)12(9)13-14(20)16(19-15(13)21)4-3-5-22-8-16/h6-7,13H,2-5,8H2,1H3,(H,19,21). The molecular weight excluding hydrogens is 414 g/mol. The van der Waals surface area contributed by atoms with Crippen molar-refractivity contribution < 1.29 is 14.3 Å². The van der Waals surface area contributed by atoms with Gasteiger partial charge in [0.25, 0.3) is 0 Å². The van der Waals surface area contributed by atoms with Crippen molar-refractivity contribution in [3.63, 3.8) is 0 Å². The summed E-state index contributed by atoms with van der Waals surface area (Å²) in [5.74, 6) is -1.03. The average Bonchev–Trinajstić information content (AvgIpc) is 2.71. The van der Waals surface area contributed by atoms with Crippen LogP contribution in [0.3, 0.4) is 0 Å². The Morgan fingerprint density at radius 3 is 2.77 bits per heavy atom. The molecule has 0 saturated carbocycles. The van der Waals surface area contributed by atoms with Gasteiger partial charge in [0.05, 0.1) is 6.61 Å². The summed E-state index contributed by atoms with van der Waals surface area (Å²) < 4.78 is 7.19. The molecule has 2 fully saturated rings. The first-order valence-electron chi connectivity index (χ1n) is 7.40. The number of carbonyl (C=O) groups excluding carboxylic acids is 2. The quantitative estimate of drug-likeness (QED) is 0.733. The van der Waals surface area contributed by atoms with Crippen molar-refractivity contribution >= 4 is 43.6 Å². The molecule has 0 bridgehead atoms. The average molecular weight is 431 g/mol. The first kappa shape index (κ1) is 16.1. The van der Waals surface area contributed by atoms with E-state index in [1.807, 2.05) is 19.1 Å². The molecule has 1 amide bonds. The molecule has 0 radical (unpaired) electrons. The predicted octanol–water partition coefficient (Wildman–Crippen LogP) is 3.11. The van der Waals surface area contributed by atoms with E-state index in [9.17, 15) is 9.59 Å². The molecule has 2 unspecified atom stereocenters. The molecule has 2 aliphatic heterocycles. The van der Waals surface area contributed by atoms with Crippen LogP contribution in [0.1, 0.15) is 36.8 Å². The van der Waals surface area contributed by atoms with Gasteiger partial charge in [-0.3, -0.25) is 9.59 Å².